The summed E-state index contributed by atoms with van der Waals surface area (Å²) in [5, 5.41) is 2.65. The molecule has 0 N–H and O–H groups in total. The average molecular weight is 258 g/mol. The lowest BCUT2D eigenvalue weighted by Gasteiger charge is -2.05. The van der Waals surface area contributed by atoms with Crippen LogP contribution in [-0.4, -0.2) is 0 Å². The van der Waals surface area contributed by atoms with Gasteiger partial charge in [-0.15, -0.1) is 0 Å². The van der Waals surface area contributed by atoms with E-state index in [-0.39, 0.29) is 0 Å². The van der Waals surface area contributed by atoms with Gasteiger partial charge in [0.05, 0.1) is 0 Å². The first kappa shape index (κ1) is 12.7. The fraction of sp³-hybridized carbons (Fsp3) is 0.100. The predicted molar refractivity (Wildman–Crippen MR) is 88.8 cm³/mol. The molecule has 0 aliphatic carbocycles. The molecule has 0 radical (unpaired) electrons. The van der Waals surface area contributed by atoms with Crippen LogP contribution in [0.4, 0.5) is 0 Å². The summed E-state index contributed by atoms with van der Waals surface area (Å²) in [4.78, 5) is 0. The summed E-state index contributed by atoms with van der Waals surface area (Å²) in [5.74, 6) is 0. The second kappa shape index (κ2) is 5.34. The third-order valence-electron chi connectivity index (χ3n) is 3.71. The van der Waals surface area contributed by atoms with Crippen molar-refractivity contribution in [2.45, 2.75) is 13.8 Å². The Balaban J connectivity index is 2.03. The quantitative estimate of drug-likeness (QED) is 0.523. The van der Waals surface area contributed by atoms with E-state index in [0.29, 0.717) is 0 Å². The summed E-state index contributed by atoms with van der Waals surface area (Å²) in [6.07, 6.45) is 4.38. The van der Waals surface area contributed by atoms with Crippen molar-refractivity contribution in [3.8, 4) is 0 Å². The summed E-state index contributed by atoms with van der Waals surface area (Å²) in [7, 11) is 0. The lowest BCUT2D eigenvalue weighted by atomic mass is 9.99. The Kier molecular flexibility index (Phi) is 3.39. The lowest BCUT2D eigenvalue weighted by molar-refractivity contribution is 1.46. The molecule has 0 amide bonds. The molecule has 0 aromatic heterocycles. The standard InChI is InChI=1S/C20H18/c1-15-7-10-17(11-8-15)12-14-18-13-9-16(2)19-5-3-4-6-20(18)19/h3-14H,1-2H3. The largest absolute Gasteiger partial charge is 0.0616 e. The molecule has 0 atom stereocenters. The number of hydrogen-bond donors (Lipinski definition) is 0. The van der Waals surface area contributed by atoms with E-state index in [1.165, 1.54) is 33.0 Å². The van der Waals surface area contributed by atoms with Crippen molar-refractivity contribution in [1.29, 1.82) is 0 Å². The molecule has 0 unspecified atom stereocenters. The fourth-order valence-corrected chi connectivity index (χ4v) is 2.48. The van der Waals surface area contributed by atoms with Gasteiger partial charge in [0.15, 0.2) is 0 Å². The average Bonchev–Trinajstić information content (AvgIpc) is 2.49. The van der Waals surface area contributed by atoms with Gasteiger partial charge in [-0.05, 0) is 41.3 Å². The van der Waals surface area contributed by atoms with Gasteiger partial charge in [0.25, 0.3) is 0 Å². The summed E-state index contributed by atoms with van der Waals surface area (Å²) in [6, 6.07) is 21.6. The number of aryl methyl sites for hydroxylation is 2. The van der Waals surface area contributed by atoms with Crippen LogP contribution < -0.4 is 0 Å². The third kappa shape index (κ3) is 2.50. The van der Waals surface area contributed by atoms with E-state index in [2.05, 4.69) is 86.7 Å². The van der Waals surface area contributed by atoms with Crippen LogP contribution in [0.3, 0.4) is 0 Å². The molecule has 0 bridgehead atoms. The normalized spacial score (nSPS) is 11.3. The first-order valence-corrected chi connectivity index (χ1v) is 6.97. The van der Waals surface area contributed by atoms with E-state index in [1.807, 2.05) is 0 Å². The van der Waals surface area contributed by atoms with Crippen LogP contribution in [-0.2, 0) is 0 Å². The Morgan fingerprint density at radius 3 is 2.10 bits per heavy atom. The molecule has 98 valence electrons. The van der Waals surface area contributed by atoms with Crippen molar-refractivity contribution in [1.82, 2.24) is 0 Å². The Hall–Kier alpha value is -2.34. The van der Waals surface area contributed by atoms with Gasteiger partial charge < -0.3 is 0 Å². The highest BCUT2D eigenvalue weighted by Gasteiger charge is 2.00. The van der Waals surface area contributed by atoms with Gasteiger partial charge in [0, 0.05) is 0 Å². The maximum atomic E-state index is 2.20. The van der Waals surface area contributed by atoms with Crippen LogP contribution in [0, 0.1) is 13.8 Å². The monoisotopic (exact) mass is 258 g/mol. The molecule has 3 aromatic rings. The molecule has 0 saturated carbocycles. The van der Waals surface area contributed by atoms with Crippen molar-refractivity contribution < 1.29 is 0 Å². The molecule has 20 heavy (non-hydrogen) atoms. The maximum Gasteiger partial charge on any atom is -0.0109 e. The molecule has 3 aromatic carbocycles. The van der Waals surface area contributed by atoms with Crippen molar-refractivity contribution >= 4 is 22.9 Å². The highest BCUT2D eigenvalue weighted by molar-refractivity contribution is 5.94. The summed E-state index contributed by atoms with van der Waals surface area (Å²) in [5.41, 5.74) is 5.13. The zero-order chi connectivity index (χ0) is 13.9. The SMILES string of the molecule is Cc1ccc(C=Cc2ccc(C)c3ccccc23)cc1. The summed E-state index contributed by atoms with van der Waals surface area (Å²) < 4.78 is 0. The van der Waals surface area contributed by atoms with Gasteiger partial charge in [0.2, 0.25) is 0 Å². The smallest absolute Gasteiger partial charge is 0.0109 e. The van der Waals surface area contributed by atoms with Gasteiger partial charge in [-0.1, -0.05) is 78.4 Å². The third-order valence-corrected chi connectivity index (χ3v) is 3.71. The van der Waals surface area contributed by atoms with E-state index >= 15 is 0 Å². The fourth-order valence-electron chi connectivity index (χ4n) is 2.48. The van der Waals surface area contributed by atoms with Crippen LogP contribution in [0.15, 0.2) is 60.7 Å². The molecule has 0 heteroatoms. The van der Waals surface area contributed by atoms with Crippen molar-refractivity contribution in [3.05, 3.63) is 82.9 Å². The Morgan fingerprint density at radius 1 is 0.650 bits per heavy atom. The second-order valence-corrected chi connectivity index (χ2v) is 5.26. The molecule has 0 aliphatic rings. The molecule has 0 fully saturated rings. The van der Waals surface area contributed by atoms with E-state index in [4.69, 9.17) is 0 Å². The minimum Gasteiger partial charge on any atom is -0.0616 e. The number of benzene rings is 3. The van der Waals surface area contributed by atoms with E-state index in [1.54, 1.807) is 0 Å². The zero-order valence-electron chi connectivity index (χ0n) is 11.9. The Labute approximate surface area is 120 Å². The lowest BCUT2D eigenvalue weighted by Crippen LogP contribution is -1.82. The maximum absolute atomic E-state index is 2.20. The van der Waals surface area contributed by atoms with Crippen LogP contribution in [0.25, 0.3) is 22.9 Å². The molecule has 3 rings (SSSR count). The van der Waals surface area contributed by atoms with Gasteiger partial charge in [-0.3, -0.25) is 0 Å². The van der Waals surface area contributed by atoms with Crippen LogP contribution in [0.1, 0.15) is 22.3 Å². The van der Waals surface area contributed by atoms with Crippen molar-refractivity contribution in [3.63, 3.8) is 0 Å². The summed E-state index contributed by atoms with van der Waals surface area (Å²) >= 11 is 0. The van der Waals surface area contributed by atoms with Gasteiger partial charge >= 0.3 is 0 Å². The highest BCUT2D eigenvalue weighted by Crippen LogP contribution is 2.24. The first-order valence-electron chi connectivity index (χ1n) is 6.97. The zero-order valence-corrected chi connectivity index (χ0v) is 11.9. The van der Waals surface area contributed by atoms with Crippen molar-refractivity contribution in [2.75, 3.05) is 0 Å². The molecular formula is C20H18. The van der Waals surface area contributed by atoms with E-state index in [9.17, 15) is 0 Å². The highest BCUT2D eigenvalue weighted by atomic mass is 14.0. The molecule has 0 heterocycles. The molecule has 0 spiro atoms. The predicted octanol–water partition coefficient (Wildman–Crippen LogP) is 5.63. The topological polar surface area (TPSA) is 0 Å². The molecular weight excluding hydrogens is 240 g/mol. The second-order valence-electron chi connectivity index (χ2n) is 5.26. The van der Waals surface area contributed by atoms with Crippen LogP contribution in [0.2, 0.25) is 0 Å². The minimum atomic E-state index is 1.24. The van der Waals surface area contributed by atoms with E-state index < -0.39 is 0 Å². The van der Waals surface area contributed by atoms with Gasteiger partial charge in [0.1, 0.15) is 0 Å². The van der Waals surface area contributed by atoms with Crippen LogP contribution in [0.5, 0.6) is 0 Å². The number of fused-ring (bicyclic) bond motifs is 1. The summed E-state index contributed by atoms with van der Waals surface area (Å²) in [6.45, 7) is 4.27. The van der Waals surface area contributed by atoms with Gasteiger partial charge in [-0.2, -0.15) is 0 Å². The first-order chi connectivity index (χ1) is 9.74. The van der Waals surface area contributed by atoms with Crippen LogP contribution >= 0.6 is 0 Å². The molecule has 0 nitrogen and oxygen atoms in total. The van der Waals surface area contributed by atoms with Crippen molar-refractivity contribution in [2.24, 2.45) is 0 Å². The number of rotatable bonds is 2. The Bertz CT molecular complexity index is 762. The van der Waals surface area contributed by atoms with Gasteiger partial charge in [-0.25, -0.2) is 0 Å². The molecule has 0 aliphatic heterocycles. The number of hydrogen-bond acceptors (Lipinski definition) is 0. The van der Waals surface area contributed by atoms with E-state index in [0.717, 1.165) is 0 Å². The molecule has 0 saturated heterocycles. The minimum absolute atomic E-state index is 1.24. The Morgan fingerprint density at radius 2 is 1.35 bits per heavy atom.